The van der Waals surface area contributed by atoms with E-state index in [1.54, 1.807) is 0 Å². The monoisotopic (exact) mass is 387 g/mol. The average molecular weight is 387 g/mol. The van der Waals surface area contributed by atoms with Crippen molar-refractivity contribution in [1.82, 2.24) is 25.2 Å². The molecule has 6 heteroatoms. The van der Waals surface area contributed by atoms with Crippen molar-refractivity contribution < 1.29 is 4.79 Å². The number of benzene rings is 2. The van der Waals surface area contributed by atoms with Crippen LogP contribution in [0, 0.1) is 0 Å². The second-order valence-corrected chi connectivity index (χ2v) is 7.91. The Hall–Kier alpha value is -2.99. The van der Waals surface area contributed by atoms with Crippen LogP contribution in [-0.4, -0.2) is 45.4 Å². The highest BCUT2D eigenvalue weighted by molar-refractivity contribution is 5.92. The molecule has 0 bridgehead atoms. The summed E-state index contributed by atoms with van der Waals surface area (Å²) < 4.78 is 1.88. The summed E-state index contributed by atoms with van der Waals surface area (Å²) in [5.41, 5.74) is 4.18. The molecule has 1 aromatic heterocycles. The van der Waals surface area contributed by atoms with Gasteiger partial charge >= 0.3 is 0 Å². The fourth-order valence-corrected chi connectivity index (χ4v) is 4.52. The van der Waals surface area contributed by atoms with Gasteiger partial charge in [-0.25, -0.2) is 4.68 Å². The second kappa shape index (κ2) is 7.79. The zero-order valence-electron chi connectivity index (χ0n) is 16.4. The highest BCUT2D eigenvalue weighted by Gasteiger charge is 2.31. The molecule has 1 amide bonds. The van der Waals surface area contributed by atoms with Crippen LogP contribution in [0.2, 0.25) is 0 Å². The minimum absolute atomic E-state index is 0.0411. The van der Waals surface area contributed by atoms with E-state index >= 15 is 0 Å². The third kappa shape index (κ3) is 3.56. The molecule has 0 radical (unpaired) electrons. The molecule has 2 aliphatic heterocycles. The van der Waals surface area contributed by atoms with Crippen molar-refractivity contribution in [3.8, 4) is 0 Å². The predicted molar refractivity (Wildman–Crippen MR) is 111 cm³/mol. The van der Waals surface area contributed by atoms with Gasteiger partial charge in [-0.05, 0) is 42.6 Å². The normalized spacial score (nSPS) is 19.7. The first-order chi connectivity index (χ1) is 14.3. The van der Waals surface area contributed by atoms with E-state index in [9.17, 15) is 4.79 Å². The highest BCUT2D eigenvalue weighted by atomic mass is 16.2. The second-order valence-electron chi connectivity index (χ2n) is 7.91. The molecule has 29 heavy (non-hydrogen) atoms. The van der Waals surface area contributed by atoms with Crippen LogP contribution in [0.4, 0.5) is 0 Å². The summed E-state index contributed by atoms with van der Waals surface area (Å²) in [6.07, 6.45) is 3.87. The van der Waals surface area contributed by atoms with Crippen molar-refractivity contribution in [1.29, 1.82) is 0 Å². The molecule has 6 nitrogen and oxygen atoms in total. The average Bonchev–Trinajstić information content (AvgIpc) is 3.29. The van der Waals surface area contributed by atoms with Gasteiger partial charge in [0.1, 0.15) is 0 Å². The zero-order chi connectivity index (χ0) is 19.6. The molecule has 0 saturated carbocycles. The summed E-state index contributed by atoms with van der Waals surface area (Å²) in [6, 6.07) is 19.2. The lowest BCUT2D eigenvalue weighted by molar-refractivity contribution is 0.0719. The van der Waals surface area contributed by atoms with E-state index in [0.29, 0.717) is 24.8 Å². The summed E-state index contributed by atoms with van der Waals surface area (Å²) >= 11 is 0. The molecular formula is C23H25N5O. The topological polar surface area (TPSA) is 63.1 Å². The summed E-state index contributed by atoms with van der Waals surface area (Å²) in [4.78, 5) is 15.2. The quantitative estimate of drug-likeness (QED) is 0.750. The molecule has 1 N–H and O–H groups in total. The number of nitrogens with zero attached hydrogens (tertiary/aromatic N) is 4. The van der Waals surface area contributed by atoms with Crippen LogP contribution in [0.15, 0.2) is 60.8 Å². The van der Waals surface area contributed by atoms with Crippen LogP contribution in [0.3, 0.4) is 0 Å². The van der Waals surface area contributed by atoms with Crippen LogP contribution in [0.5, 0.6) is 0 Å². The standard InChI is InChI=1S/C23H25N5O/c29-23(22-16-28(26-25-22)19-10-12-24-13-11-19)27-14-18-8-4-5-9-20(18)21(15-27)17-6-2-1-3-7-17/h1-9,16,19,21,24H,10-15H2. The molecule has 3 aromatic rings. The number of nitrogens with one attached hydrogen (secondary N) is 1. The van der Waals surface area contributed by atoms with Crippen molar-refractivity contribution in [2.45, 2.75) is 31.3 Å². The summed E-state index contributed by atoms with van der Waals surface area (Å²) in [5, 5.41) is 11.8. The van der Waals surface area contributed by atoms with E-state index < -0.39 is 0 Å². The van der Waals surface area contributed by atoms with Gasteiger partial charge in [0, 0.05) is 19.0 Å². The number of piperidine rings is 1. The lowest BCUT2D eigenvalue weighted by atomic mass is 9.84. The fraction of sp³-hybridized carbons (Fsp3) is 0.348. The van der Waals surface area contributed by atoms with Gasteiger partial charge in [-0.3, -0.25) is 4.79 Å². The maximum atomic E-state index is 13.3. The fourth-order valence-electron chi connectivity index (χ4n) is 4.52. The molecule has 2 aromatic carbocycles. The Morgan fingerprint density at radius 1 is 1.00 bits per heavy atom. The SMILES string of the molecule is O=C(c1cn(C2CCNCC2)nn1)N1Cc2ccccc2C(c2ccccc2)C1. The first-order valence-corrected chi connectivity index (χ1v) is 10.3. The molecule has 3 heterocycles. The van der Waals surface area contributed by atoms with Gasteiger partial charge in [-0.15, -0.1) is 5.10 Å². The largest absolute Gasteiger partial charge is 0.332 e. The van der Waals surface area contributed by atoms with Gasteiger partial charge in [-0.1, -0.05) is 59.8 Å². The summed E-state index contributed by atoms with van der Waals surface area (Å²) in [5.74, 6) is 0.130. The smallest absolute Gasteiger partial charge is 0.276 e. The Kier molecular flexibility index (Phi) is 4.86. The maximum Gasteiger partial charge on any atom is 0.276 e. The van der Waals surface area contributed by atoms with E-state index in [1.165, 1.54) is 16.7 Å². The van der Waals surface area contributed by atoms with Crippen LogP contribution < -0.4 is 5.32 Å². The summed E-state index contributed by atoms with van der Waals surface area (Å²) in [7, 11) is 0. The molecule has 148 valence electrons. The third-order valence-corrected chi connectivity index (χ3v) is 6.10. The number of fused-ring (bicyclic) bond motifs is 1. The van der Waals surface area contributed by atoms with Crippen molar-refractivity contribution in [2.24, 2.45) is 0 Å². The van der Waals surface area contributed by atoms with Gasteiger partial charge < -0.3 is 10.2 Å². The zero-order valence-corrected chi connectivity index (χ0v) is 16.4. The van der Waals surface area contributed by atoms with E-state index in [-0.39, 0.29) is 11.8 Å². The number of hydrogen-bond donors (Lipinski definition) is 1. The number of aromatic nitrogens is 3. The lowest BCUT2D eigenvalue weighted by Crippen LogP contribution is -2.38. The van der Waals surface area contributed by atoms with Crippen molar-refractivity contribution in [2.75, 3.05) is 19.6 Å². The molecule has 2 aliphatic rings. The van der Waals surface area contributed by atoms with E-state index in [0.717, 1.165) is 25.9 Å². The van der Waals surface area contributed by atoms with Gasteiger partial charge in [0.05, 0.1) is 12.2 Å². The number of carbonyl (C=O) groups is 1. The first kappa shape index (κ1) is 18.1. The number of rotatable bonds is 3. The van der Waals surface area contributed by atoms with Crippen LogP contribution in [0.1, 0.15) is 52.0 Å². The Labute approximate surface area is 170 Å². The summed E-state index contributed by atoms with van der Waals surface area (Å²) in [6.45, 7) is 3.23. The van der Waals surface area contributed by atoms with E-state index in [4.69, 9.17) is 0 Å². The minimum Gasteiger partial charge on any atom is -0.332 e. The molecule has 5 rings (SSSR count). The Morgan fingerprint density at radius 3 is 2.59 bits per heavy atom. The lowest BCUT2D eigenvalue weighted by Gasteiger charge is -2.34. The molecule has 1 fully saturated rings. The Morgan fingerprint density at radius 2 is 1.76 bits per heavy atom. The first-order valence-electron chi connectivity index (χ1n) is 10.3. The van der Waals surface area contributed by atoms with Crippen molar-refractivity contribution >= 4 is 5.91 Å². The Balaban J connectivity index is 1.41. The molecule has 0 aliphatic carbocycles. The highest BCUT2D eigenvalue weighted by Crippen LogP contribution is 2.34. The predicted octanol–water partition coefficient (Wildman–Crippen LogP) is 2.99. The maximum absolute atomic E-state index is 13.3. The van der Waals surface area contributed by atoms with Crippen LogP contribution in [0.25, 0.3) is 0 Å². The van der Waals surface area contributed by atoms with Gasteiger partial charge in [-0.2, -0.15) is 0 Å². The minimum atomic E-state index is -0.0411. The number of carbonyl (C=O) groups excluding carboxylic acids is 1. The molecule has 1 unspecified atom stereocenters. The third-order valence-electron chi connectivity index (χ3n) is 6.10. The van der Waals surface area contributed by atoms with Gasteiger partial charge in [0.2, 0.25) is 0 Å². The molecule has 1 atom stereocenters. The van der Waals surface area contributed by atoms with Gasteiger partial charge in [0.25, 0.3) is 5.91 Å². The van der Waals surface area contributed by atoms with Crippen molar-refractivity contribution in [3.63, 3.8) is 0 Å². The van der Waals surface area contributed by atoms with E-state index in [2.05, 4.69) is 58.1 Å². The van der Waals surface area contributed by atoms with Crippen molar-refractivity contribution in [3.05, 3.63) is 83.2 Å². The van der Waals surface area contributed by atoms with E-state index in [1.807, 2.05) is 27.9 Å². The van der Waals surface area contributed by atoms with Crippen LogP contribution >= 0.6 is 0 Å². The Bertz CT molecular complexity index is 993. The molecule has 1 saturated heterocycles. The number of amides is 1. The number of hydrogen-bond acceptors (Lipinski definition) is 4. The van der Waals surface area contributed by atoms with Gasteiger partial charge in [0.15, 0.2) is 5.69 Å². The molecule has 0 spiro atoms. The molecular weight excluding hydrogens is 362 g/mol. The van der Waals surface area contributed by atoms with Crippen LogP contribution in [-0.2, 0) is 6.54 Å².